The zero-order chi connectivity index (χ0) is 20.4. The summed E-state index contributed by atoms with van der Waals surface area (Å²) in [6.45, 7) is -0.700. The molecule has 0 saturated carbocycles. The first-order valence-corrected chi connectivity index (χ1v) is 8.96. The van der Waals surface area contributed by atoms with E-state index in [-0.39, 0.29) is 11.5 Å². The van der Waals surface area contributed by atoms with Crippen LogP contribution in [0.15, 0.2) is 45.3 Å². The molecule has 0 radical (unpaired) electrons. The number of esters is 1. The second-order valence-electron chi connectivity index (χ2n) is 5.87. The van der Waals surface area contributed by atoms with Gasteiger partial charge in [0, 0.05) is 25.0 Å². The molecule has 144 valence electrons. The first kappa shape index (κ1) is 19.2. The number of hydrogen-bond acceptors (Lipinski definition) is 8. The first-order chi connectivity index (χ1) is 13.3. The number of benzene rings is 1. The molecule has 0 spiro atoms. The van der Waals surface area contributed by atoms with Gasteiger partial charge in [-0.15, -0.1) is 11.3 Å². The molecule has 0 bridgehead atoms. The van der Waals surface area contributed by atoms with Gasteiger partial charge in [-0.05, 0) is 0 Å². The van der Waals surface area contributed by atoms with Crippen LogP contribution in [0.2, 0.25) is 0 Å². The first-order valence-electron chi connectivity index (χ1n) is 8.08. The van der Waals surface area contributed by atoms with Crippen LogP contribution in [0.25, 0.3) is 10.6 Å². The lowest BCUT2D eigenvalue weighted by atomic mass is 10.2. The minimum Gasteiger partial charge on any atom is -0.453 e. The van der Waals surface area contributed by atoms with Crippen molar-refractivity contribution in [2.24, 2.45) is 14.1 Å². The number of ether oxygens (including phenoxy) is 1. The Bertz CT molecular complexity index is 1180. The number of carbonyl (C=O) groups is 2. The van der Waals surface area contributed by atoms with Gasteiger partial charge in [-0.2, -0.15) is 0 Å². The van der Waals surface area contributed by atoms with Crippen LogP contribution in [0.5, 0.6) is 0 Å². The zero-order valence-corrected chi connectivity index (χ0v) is 15.9. The number of nitrogen functional groups attached to an aromatic ring is 1. The molecular weight excluding hydrogens is 384 g/mol. The smallest absolute Gasteiger partial charge is 0.358 e. The maximum atomic E-state index is 12.4. The molecule has 3 aromatic rings. The summed E-state index contributed by atoms with van der Waals surface area (Å²) in [5.74, 6) is -1.89. The molecule has 2 heterocycles. The molecule has 9 nitrogen and oxygen atoms in total. The normalized spacial score (nSPS) is 10.6. The fraction of sp³-hybridized carbons (Fsp3) is 0.167. The third-order valence-corrected chi connectivity index (χ3v) is 4.95. The Balaban J connectivity index is 1.76. The highest BCUT2D eigenvalue weighted by molar-refractivity contribution is 7.13. The van der Waals surface area contributed by atoms with Crippen LogP contribution in [0.3, 0.4) is 0 Å². The molecule has 0 atom stereocenters. The fourth-order valence-corrected chi connectivity index (χ4v) is 3.28. The molecule has 3 rings (SSSR count). The van der Waals surface area contributed by atoms with Gasteiger partial charge in [-0.1, -0.05) is 30.3 Å². The lowest BCUT2D eigenvalue weighted by molar-refractivity contribution is 0.0469. The fourth-order valence-electron chi connectivity index (χ4n) is 2.48. The predicted octanol–water partition coefficient (Wildman–Crippen LogP) is 0.829. The number of aromatic nitrogens is 3. The standard InChI is InChI=1S/C18H16N4O5S/c1-21-14(19)13(16(24)22(2)18(21)26)12(23)8-27-17(25)11-9-28-15(20-11)10-6-4-3-5-7-10/h3-7,9H,8,19H2,1-2H3. The minimum absolute atomic E-state index is 0.0537. The molecule has 0 aliphatic carbocycles. The van der Waals surface area contributed by atoms with Gasteiger partial charge in [-0.3, -0.25) is 18.7 Å². The summed E-state index contributed by atoms with van der Waals surface area (Å²) in [7, 11) is 2.56. The number of ketones is 1. The van der Waals surface area contributed by atoms with Gasteiger partial charge in [0.05, 0.1) is 0 Å². The Morgan fingerprint density at radius 3 is 2.50 bits per heavy atom. The largest absolute Gasteiger partial charge is 0.453 e. The maximum Gasteiger partial charge on any atom is 0.358 e. The van der Waals surface area contributed by atoms with Crippen LogP contribution in [-0.4, -0.2) is 32.5 Å². The summed E-state index contributed by atoms with van der Waals surface area (Å²) in [6.07, 6.45) is 0. The Morgan fingerprint density at radius 2 is 1.82 bits per heavy atom. The molecule has 0 fully saturated rings. The third kappa shape index (κ3) is 3.49. The highest BCUT2D eigenvalue weighted by Gasteiger charge is 2.22. The van der Waals surface area contributed by atoms with E-state index in [4.69, 9.17) is 10.5 Å². The highest BCUT2D eigenvalue weighted by Crippen LogP contribution is 2.23. The van der Waals surface area contributed by atoms with Crippen LogP contribution >= 0.6 is 11.3 Å². The Hall–Kier alpha value is -3.53. The van der Waals surface area contributed by atoms with E-state index >= 15 is 0 Å². The highest BCUT2D eigenvalue weighted by atomic mass is 32.1. The number of anilines is 1. The number of carbonyl (C=O) groups excluding carboxylic acids is 2. The lowest BCUT2D eigenvalue weighted by Gasteiger charge is -2.10. The van der Waals surface area contributed by atoms with Crippen molar-refractivity contribution >= 4 is 28.9 Å². The summed E-state index contributed by atoms with van der Waals surface area (Å²) in [6, 6.07) is 9.29. The molecule has 28 heavy (non-hydrogen) atoms. The Labute approximate surface area is 162 Å². The molecular formula is C18H16N4O5S. The van der Waals surface area contributed by atoms with Crippen molar-refractivity contribution in [1.82, 2.24) is 14.1 Å². The number of nitrogens with zero attached hydrogens (tertiary/aromatic N) is 3. The van der Waals surface area contributed by atoms with Crippen LogP contribution in [0, 0.1) is 0 Å². The second-order valence-corrected chi connectivity index (χ2v) is 6.73. The van der Waals surface area contributed by atoms with Crippen molar-refractivity contribution in [2.75, 3.05) is 12.3 Å². The van der Waals surface area contributed by atoms with E-state index in [2.05, 4.69) is 4.98 Å². The van der Waals surface area contributed by atoms with E-state index in [1.54, 1.807) is 0 Å². The monoisotopic (exact) mass is 400 g/mol. The number of thiazole rings is 1. The van der Waals surface area contributed by atoms with E-state index in [0.717, 1.165) is 14.7 Å². The maximum absolute atomic E-state index is 12.4. The van der Waals surface area contributed by atoms with Crippen LogP contribution in [0.1, 0.15) is 20.8 Å². The van der Waals surface area contributed by atoms with Crippen molar-refractivity contribution in [3.8, 4) is 10.6 Å². The number of nitrogens with two attached hydrogens (primary N) is 1. The summed E-state index contributed by atoms with van der Waals surface area (Å²) in [5, 5.41) is 2.16. The minimum atomic E-state index is -0.846. The number of Topliss-reactive ketones (excluding diaryl/α,β-unsaturated/α-hetero) is 1. The van der Waals surface area contributed by atoms with Crippen molar-refractivity contribution in [2.45, 2.75) is 0 Å². The van der Waals surface area contributed by atoms with Gasteiger partial charge in [0.15, 0.2) is 12.3 Å². The molecule has 0 saturated heterocycles. The zero-order valence-electron chi connectivity index (χ0n) is 15.0. The molecule has 10 heteroatoms. The summed E-state index contributed by atoms with van der Waals surface area (Å²) < 4.78 is 6.72. The van der Waals surface area contributed by atoms with Crippen LogP contribution in [0.4, 0.5) is 5.82 Å². The van der Waals surface area contributed by atoms with Crippen LogP contribution in [-0.2, 0) is 18.8 Å². The van der Waals surface area contributed by atoms with Gasteiger partial charge in [-0.25, -0.2) is 14.6 Å². The average Bonchev–Trinajstić information content (AvgIpc) is 3.20. The van der Waals surface area contributed by atoms with Crippen molar-refractivity contribution < 1.29 is 14.3 Å². The summed E-state index contributed by atoms with van der Waals surface area (Å²) >= 11 is 1.26. The van der Waals surface area contributed by atoms with Gasteiger partial charge >= 0.3 is 11.7 Å². The number of rotatable bonds is 5. The SMILES string of the molecule is Cn1c(N)c(C(=O)COC(=O)c2csc(-c3ccccc3)n2)c(=O)n(C)c1=O. The molecule has 2 N–H and O–H groups in total. The molecule has 0 amide bonds. The van der Waals surface area contributed by atoms with E-state index in [9.17, 15) is 19.2 Å². The van der Waals surface area contributed by atoms with Gasteiger partial charge < -0.3 is 10.5 Å². The van der Waals surface area contributed by atoms with E-state index in [0.29, 0.717) is 5.01 Å². The predicted molar refractivity (Wildman–Crippen MR) is 103 cm³/mol. The quantitative estimate of drug-likeness (QED) is 0.496. The summed E-state index contributed by atoms with van der Waals surface area (Å²) in [4.78, 5) is 52.7. The molecule has 0 unspecified atom stereocenters. The van der Waals surface area contributed by atoms with Crippen molar-refractivity contribution in [3.63, 3.8) is 0 Å². The van der Waals surface area contributed by atoms with E-state index < -0.39 is 35.2 Å². The summed E-state index contributed by atoms with van der Waals surface area (Å²) in [5.41, 5.74) is 4.71. The van der Waals surface area contributed by atoms with Crippen molar-refractivity contribution in [1.29, 1.82) is 0 Å². The van der Waals surface area contributed by atoms with Gasteiger partial charge in [0.1, 0.15) is 16.4 Å². The second kappa shape index (κ2) is 7.61. The average molecular weight is 400 g/mol. The topological polar surface area (TPSA) is 126 Å². The van der Waals surface area contributed by atoms with Gasteiger partial charge in [0.2, 0.25) is 5.78 Å². The lowest BCUT2D eigenvalue weighted by Crippen LogP contribution is -2.42. The molecule has 0 aliphatic heterocycles. The Morgan fingerprint density at radius 1 is 1.14 bits per heavy atom. The molecule has 1 aromatic carbocycles. The van der Waals surface area contributed by atoms with Crippen LogP contribution < -0.4 is 17.0 Å². The van der Waals surface area contributed by atoms with Crippen molar-refractivity contribution in [3.05, 3.63) is 67.8 Å². The molecule has 0 aliphatic rings. The third-order valence-electron chi connectivity index (χ3n) is 4.06. The van der Waals surface area contributed by atoms with E-state index in [1.165, 1.54) is 30.8 Å². The number of hydrogen-bond donors (Lipinski definition) is 1. The van der Waals surface area contributed by atoms with E-state index in [1.807, 2.05) is 30.3 Å². The molecule has 2 aromatic heterocycles. The van der Waals surface area contributed by atoms with Gasteiger partial charge in [0.25, 0.3) is 5.56 Å². The Kier molecular flexibility index (Phi) is 5.23.